The van der Waals surface area contributed by atoms with Crippen LogP contribution < -0.4 is 0 Å². The molecule has 0 aliphatic rings. The Hall–Kier alpha value is -0.590. The molecule has 0 radical (unpaired) electrons. The smallest absolute Gasteiger partial charge is 0.0945 e. The van der Waals surface area contributed by atoms with Gasteiger partial charge in [-0.05, 0) is 40.0 Å². The van der Waals surface area contributed by atoms with E-state index in [0.717, 1.165) is 6.42 Å². The van der Waals surface area contributed by atoms with Crippen molar-refractivity contribution in [1.82, 2.24) is 0 Å². The van der Waals surface area contributed by atoms with E-state index >= 15 is 0 Å². The van der Waals surface area contributed by atoms with Gasteiger partial charge in [-0.2, -0.15) is 0 Å². The second-order valence-corrected chi connectivity index (χ2v) is 5.79. The molecule has 27 heavy (non-hydrogen) atoms. The largest absolute Gasteiger partial charge is 0.248 e. The first kappa shape index (κ1) is 45.3. The van der Waals surface area contributed by atoms with Gasteiger partial charge in [0, 0.05) is 0 Å². The molecule has 0 amide bonds. The molecule has 0 N–H and O–H groups in total. The zero-order valence-electron chi connectivity index (χ0n) is 22.3. The predicted molar refractivity (Wildman–Crippen MR) is 135 cm³/mol. The van der Waals surface area contributed by atoms with Crippen LogP contribution in [0.4, 0.5) is 4.39 Å². The van der Waals surface area contributed by atoms with E-state index in [-0.39, 0.29) is 0 Å². The minimum Gasteiger partial charge on any atom is -0.248 e. The Balaban J connectivity index is -0.0000000371. The van der Waals surface area contributed by atoms with E-state index < -0.39 is 6.17 Å². The zero-order valence-corrected chi connectivity index (χ0v) is 22.3. The Kier molecular flexibility index (Phi) is 122. The average Bonchev–Trinajstić information content (AvgIpc) is 2.64. The molecule has 0 aliphatic heterocycles. The Morgan fingerprint density at radius 3 is 0.963 bits per heavy atom. The minimum absolute atomic E-state index is 0.667. The van der Waals surface area contributed by atoms with Gasteiger partial charge in [0.25, 0.3) is 0 Å². The lowest BCUT2D eigenvalue weighted by molar-refractivity contribution is 0.391. The first-order valence-corrected chi connectivity index (χ1v) is 11.7. The van der Waals surface area contributed by atoms with Gasteiger partial charge in [0.1, 0.15) is 0 Å². The van der Waals surface area contributed by atoms with E-state index in [0.29, 0.717) is 0 Å². The van der Waals surface area contributed by atoms with Crippen LogP contribution in [0.15, 0.2) is 24.3 Å². The number of hydrogen-bond donors (Lipinski definition) is 0. The summed E-state index contributed by atoms with van der Waals surface area (Å²) in [6.07, 6.45) is 12.5. The van der Waals surface area contributed by atoms with E-state index in [9.17, 15) is 4.39 Å². The van der Waals surface area contributed by atoms with Crippen molar-refractivity contribution in [3.05, 3.63) is 24.3 Å². The van der Waals surface area contributed by atoms with Crippen LogP contribution in [-0.4, -0.2) is 6.17 Å². The highest BCUT2D eigenvalue weighted by Gasteiger charge is 1.74. The molecule has 0 aliphatic carbocycles. The van der Waals surface area contributed by atoms with E-state index in [1.54, 1.807) is 0 Å². The van der Waals surface area contributed by atoms with Crippen LogP contribution in [0.25, 0.3) is 0 Å². The van der Waals surface area contributed by atoms with E-state index in [1.165, 1.54) is 57.9 Å². The van der Waals surface area contributed by atoms with Crippen molar-refractivity contribution < 1.29 is 4.39 Å². The van der Waals surface area contributed by atoms with Crippen LogP contribution in [-0.2, 0) is 0 Å². The normalized spacial score (nSPS) is 7.70. The van der Waals surface area contributed by atoms with Gasteiger partial charge in [-0.15, -0.1) is 6.58 Å². The van der Waals surface area contributed by atoms with Gasteiger partial charge in [-0.1, -0.05) is 120 Å². The first-order chi connectivity index (χ1) is 12.7. The molecule has 0 heterocycles. The van der Waals surface area contributed by atoms with Gasteiger partial charge < -0.3 is 0 Å². The van der Waals surface area contributed by atoms with Gasteiger partial charge in [0.15, 0.2) is 0 Å². The Morgan fingerprint density at radius 2 is 0.889 bits per heavy atom. The molecule has 0 saturated carbocycles. The van der Waals surface area contributed by atoms with Crippen LogP contribution in [0.2, 0.25) is 0 Å². The Morgan fingerprint density at radius 1 is 0.741 bits per heavy atom. The molecule has 172 valence electrons. The van der Waals surface area contributed by atoms with Gasteiger partial charge in [-0.3, -0.25) is 0 Å². The quantitative estimate of drug-likeness (QED) is 0.408. The summed E-state index contributed by atoms with van der Waals surface area (Å²) in [5, 5.41) is 0. The molecular formula is C26H61F. The fourth-order valence-electron chi connectivity index (χ4n) is 0.569. The van der Waals surface area contributed by atoms with Gasteiger partial charge in [-0.25, -0.2) is 4.39 Å². The fraction of sp³-hybridized carbons (Fsp3) is 0.846. The molecule has 0 rings (SSSR count). The van der Waals surface area contributed by atoms with Crippen molar-refractivity contribution in [1.29, 1.82) is 0 Å². The van der Waals surface area contributed by atoms with E-state index in [1.807, 2.05) is 34.6 Å². The topological polar surface area (TPSA) is 0 Å². The third kappa shape index (κ3) is 339. The molecule has 0 nitrogen and oxygen atoms in total. The zero-order chi connectivity index (χ0) is 23.5. The Labute approximate surface area is 177 Å². The van der Waals surface area contributed by atoms with Crippen molar-refractivity contribution in [3.8, 4) is 0 Å². The van der Waals surface area contributed by atoms with Gasteiger partial charge >= 0.3 is 0 Å². The number of hydrogen-bond acceptors (Lipinski definition) is 0. The lowest BCUT2D eigenvalue weighted by atomic mass is 10.2. The summed E-state index contributed by atoms with van der Waals surface area (Å²) < 4.78 is 11.0. The molecule has 0 unspecified atom stereocenters. The number of rotatable bonds is 5. The van der Waals surface area contributed by atoms with E-state index in [4.69, 9.17) is 0 Å². The standard InChI is InChI=1S/C8H16.C5H10.C3H7F.2C3H8.2C2H6/c1-3-5-7-8-6-4-2;1-4-5(2)3;1-3(2)4;2*1-3-2;2*1-2/h7-8H,3-6H2,1-2H3;2,4H2,1,3H3;3H,1-2H3;2*3H2,1-2H3;2*1-2H3/b8-7-;;;;;;. The summed E-state index contributed by atoms with van der Waals surface area (Å²) >= 11 is 0. The van der Waals surface area contributed by atoms with Gasteiger partial charge in [0.2, 0.25) is 0 Å². The highest BCUT2D eigenvalue weighted by atomic mass is 19.1. The average molecular weight is 393 g/mol. The van der Waals surface area contributed by atoms with Crippen molar-refractivity contribution >= 4 is 0 Å². The summed E-state index contributed by atoms with van der Waals surface area (Å²) in [4.78, 5) is 0. The maximum Gasteiger partial charge on any atom is 0.0945 e. The third-order valence-corrected chi connectivity index (χ3v) is 1.68. The highest BCUT2D eigenvalue weighted by Crippen LogP contribution is 1.92. The molecule has 0 aromatic rings. The van der Waals surface area contributed by atoms with E-state index in [2.05, 4.69) is 67.2 Å². The third-order valence-electron chi connectivity index (χ3n) is 1.68. The van der Waals surface area contributed by atoms with Gasteiger partial charge in [0.05, 0.1) is 6.17 Å². The molecule has 0 atom stereocenters. The maximum absolute atomic E-state index is 11.0. The SMILES string of the molecule is C=C(C)CC.CC.CC.CC(C)F.CCC.CCC.CCC/C=C\CCC. The van der Waals surface area contributed by atoms with Crippen molar-refractivity contribution in [2.75, 3.05) is 0 Å². The molecular weight excluding hydrogens is 331 g/mol. The monoisotopic (exact) mass is 392 g/mol. The van der Waals surface area contributed by atoms with Crippen molar-refractivity contribution in [3.63, 3.8) is 0 Å². The molecule has 0 aromatic carbocycles. The second kappa shape index (κ2) is 72.9. The second-order valence-electron chi connectivity index (χ2n) is 5.79. The number of unbranched alkanes of at least 4 members (excludes halogenated alkanes) is 2. The lowest BCUT2D eigenvalue weighted by Crippen LogP contribution is -1.73. The van der Waals surface area contributed by atoms with Crippen LogP contribution in [0, 0.1) is 0 Å². The summed E-state index contributed by atoms with van der Waals surface area (Å²) in [6, 6.07) is 0. The van der Waals surface area contributed by atoms with Crippen molar-refractivity contribution in [2.45, 2.75) is 148 Å². The highest BCUT2D eigenvalue weighted by molar-refractivity contribution is 4.84. The van der Waals surface area contributed by atoms with Crippen LogP contribution >= 0.6 is 0 Å². The summed E-state index contributed by atoms with van der Waals surface area (Å²) in [7, 11) is 0. The van der Waals surface area contributed by atoms with Crippen LogP contribution in [0.5, 0.6) is 0 Å². The number of halogens is 1. The van der Waals surface area contributed by atoms with Crippen LogP contribution in [0.1, 0.15) is 142 Å². The fourth-order valence-corrected chi connectivity index (χ4v) is 0.569. The number of allylic oxidation sites excluding steroid dienone is 3. The van der Waals surface area contributed by atoms with Crippen LogP contribution in [0.3, 0.4) is 0 Å². The predicted octanol–water partition coefficient (Wildman–Crippen LogP) is 11.4. The molecule has 1 heteroatoms. The molecule has 0 fully saturated rings. The molecule has 0 aromatic heterocycles. The summed E-state index contributed by atoms with van der Waals surface area (Å²) in [5.74, 6) is 0. The summed E-state index contributed by atoms with van der Waals surface area (Å²) in [6.45, 7) is 31.7. The molecule has 0 saturated heterocycles. The molecule has 0 spiro atoms. The Bertz CT molecular complexity index is 168. The maximum atomic E-state index is 11.0. The minimum atomic E-state index is -0.667. The first-order valence-electron chi connectivity index (χ1n) is 11.7. The summed E-state index contributed by atoms with van der Waals surface area (Å²) in [5.41, 5.74) is 1.25. The lowest BCUT2D eigenvalue weighted by Gasteiger charge is -1.83. The molecule has 0 bridgehead atoms. The van der Waals surface area contributed by atoms with Crippen molar-refractivity contribution in [2.24, 2.45) is 0 Å². The number of alkyl halides is 1.